The maximum absolute atomic E-state index is 5.89. The summed E-state index contributed by atoms with van der Waals surface area (Å²) in [6.45, 7) is 9.65. The van der Waals surface area contributed by atoms with Crippen molar-refractivity contribution >= 4 is 11.6 Å². The van der Waals surface area contributed by atoms with Crippen molar-refractivity contribution in [2.24, 2.45) is 0 Å². The fourth-order valence-electron chi connectivity index (χ4n) is 2.60. The molecule has 0 atom stereocenters. The van der Waals surface area contributed by atoms with Crippen LogP contribution >= 0.6 is 0 Å². The molecule has 19 heavy (non-hydrogen) atoms. The first-order valence-corrected chi connectivity index (χ1v) is 7.19. The van der Waals surface area contributed by atoms with Gasteiger partial charge in [-0.25, -0.2) is 9.97 Å². The van der Waals surface area contributed by atoms with Crippen LogP contribution in [0.2, 0.25) is 0 Å². The molecule has 0 spiro atoms. The van der Waals surface area contributed by atoms with Crippen LogP contribution in [-0.2, 0) is 0 Å². The number of aromatic nitrogens is 2. The van der Waals surface area contributed by atoms with Crippen LogP contribution in [0.4, 0.5) is 11.6 Å². The zero-order valence-corrected chi connectivity index (χ0v) is 12.2. The number of nitrogens with two attached hydrogens (primary N) is 1. The average Bonchev–Trinajstić information content (AvgIpc) is 2.38. The minimum Gasteiger partial charge on any atom is -0.383 e. The first-order chi connectivity index (χ1) is 9.10. The molecular formula is C14H25N5. The summed E-state index contributed by atoms with van der Waals surface area (Å²) in [6, 6.07) is 0.500. The summed E-state index contributed by atoms with van der Waals surface area (Å²) in [4.78, 5) is 11.2. The molecule has 0 saturated carbocycles. The lowest BCUT2D eigenvalue weighted by Gasteiger charge is -2.32. The van der Waals surface area contributed by atoms with Gasteiger partial charge in [-0.2, -0.15) is 0 Å². The molecule has 1 saturated heterocycles. The molecule has 1 aromatic rings. The summed E-state index contributed by atoms with van der Waals surface area (Å²) in [5.41, 5.74) is 6.85. The van der Waals surface area contributed by atoms with Gasteiger partial charge in [0.1, 0.15) is 17.5 Å². The molecule has 0 aromatic carbocycles. The molecule has 5 heteroatoms. The van der Waals surface area contributed by atoms with Crippen LogP contribution in [0.5, 0.6) is 0 Å². The molecule has 0 amide bonds. The molecule has 106 valence electrons. The standard InChI is InChI=1S/C14H25N5/c1-4-7-19-8-5-12(6-9-19)18-14-10(2)13(15)16-11(3)17-14/h12H,4-9H2,1-3H3,(H3,15,16,17,18). The molecule has 0 unspecified atom stereocenters. The van der Waals surface area contributed by atoms with Crippen molar-refractivity contribution in [1.82, 2.24) is 14.9 Å². The SMILES string of the molecule is CCCN1CCC(Nc2nc(C)nc(N)c2C)CC1. The van der Waals surface area contributed by atoms with E-state index in [0.717, 1.165) is 17.2 Å². The maximum Gasteiger partial charge on any atom is 0.134 e. The van der Waals surface area contributed by atoms with Gasteiger partial charge in [0.2, 0.25) is 0 Å². The first-order valence-electron chi connectivity index (χ1n) is 7.19. The molecule has 0 aliphatic carbocycles. The second kappa shape index (κ2) is 6.19. The first kappa shape index (κ1) is 14.1. The molecule has 1 fully saturated rings. The largest absolute Gasteiger partial charge is 0.383 e. The topological polar surface area (TPSA) is 67.1 Å². The predicted molar refractivity (Wildman–Crippen MR) is 79.3 cm³/mol. The molecule has 3 N–H and O–H groups in total. The number of likely N-dealkylation sites (tertiary alicyclic amines) is 1. The van der Waals surface area contributed by atoms with Gasteiger partial charge >= 0.3 is 0 Å². The maximum atomic E-state index is 5.89. The van der Waals surface area contributed by atoms with Gasteiger partial charge in [-0.1, -0.05) is 6.92 Å². The summed E-state index contributed by atoms with van der Waals surface area (Å²) in [5.74, 6) is 2.21. The van der Waals surface area contributed by atoms with Crippen molar-refractivity contribution < 1.29 is 0 Å². The van der Waals surface area contributed by atoms with Gasteiger partial charge < -0.3 is 16.0 Å². The van der Waals surface area contributed by atoms with E-state index in [4.69, 9.17) is 5.73 Å². The number of rotatable bonds is 4. The summed E-state index contributed by atoms with van der Waals surface area (Å²) >= 11 is 0. The number of hydrogen-bond acceptors (Lipinski definition) is 5. The molecule has 5 nitrogen and oxygen atoms in total. The number of piperidine rings is 1. The molecule has 1 aliphatic heterocycles. The highest BCUT2D eigenvalue weighted by atomic mass is 15.2. The van der Waals surface area contributed by atoms with E-state index < -0.39 is 0 Å². The van der Waals surface area contributed by atoms with Crippen molar-refractivity contribution in [2.45, 2.75) is 46.1 Å². The summed E-state index contributed by atoms with van der Waals surface area (Å²) < 4.78 is 0. The third kappa shape index (κ3) is 3.56. The number of anilines is 2. The Kier molecular flexibility index (Phi) is 4.58. The van der Waals surface area contributed by atoms with Crippen LogP contribution in [0.3, 0.4) is 0 Å². The van der Waals surface area contributed by atoms with Crippen LogP contribution in [0.1, 0.15) is 37.6 Å². The van der Waals surface area contributed by atoms with E-state index in [1.54, 1.807) is 0 Å². The monoisotopic (exact) mass is 263 g/mol. The van der Waals surface area contributed by atoms with Crippen molar-refractivity contribution in [3.8, 4) is 0 Å². The van der Waals surface area contributed by atoms with Crippen molar-refractivity contribution in [2.75, 3.05) is 30.7 Å². The quantitative estimate of drug-likeness (QED) is 0.869. The van der Waals surface area contributed by atoms with Crippen molar-refractivity contribution in [3.63, 3.8) is 0 Å². The number of nitrogens with one attached hydrogen (secondary N) is 1. The van der Waals surface area contributed by atoms with Gasteiger partial charge in [0, 0.05) is 24.7 Å². The molecule has 2 rings (SSSR count). The fraction of sp³-hybridized carbons (Fsp3) is 0.714. The Morgan fingerprint density at radius 2 is 1.95 bits per heavy atom. The third-order valence-corrected chi connectivity index (χ3v) is 3.76. The van der Waals surface area contributed by atoms with Crippen LogP contribution in [0, 0.1) is 13.8 Å². The molecule has 1 aliphatic rings. The zero-order valence-electron chi connectivity index (χ0n) is 12.2. The minimum absolute atomic E-state index is 0.500. The van der Waals surface area contributed by atoms with E-state index in [1.807, 2.05) is 13.8 Å². The van der Waals surface area contributed by atoms with Gasteiger partial charge in [0.25, 0.3) is 0 Å². The second-order valence-corrected chi connectivity index (χ2v) is 5.39. The Morgan fingerprint density at radius 1 is 1.26 bits per heavy atom. The van der Waals surface area contributed by atoms with Crippen LogP contribution < -0.4 is 11.1 Å². The lowest BCUT2D eigenvalue weighted by molar-refractivity contribution is 0.219. The molecule has 1 aromatic heterocycles. The van der Waals surface area contributed by atoms with Crippen LogP contribution in [0.25, 0.3) is 0 Å². The van der Waals surface area contributed by atoms with Gasteiger partial charge in [-0.3, -0.25) is 0 Å². The smallest absolute Gasteiger partial charge is 0.134 e. The fourth-order valence-corrected chi connectivity index (χ4v) is 2.60. The highest BCUT2D eigenvalue weighted by Crippen LogP contribution is 2.21. The van der Waals surface area contributed by atoms with E-state index in [1.165, 1.54) is 38.9 Å². The zero-order chi connectivity index (χ0) is 13.8. The van der Waals surface area contributed by atoms with E-state index in [-0.39, 0.29) is 0 Å². The number of aryl methyl sites for hydroxylation is 1. The van der Waals surface area contributed by atoms with E-state index >= 15 is 0 Å². The van der Waals surface area contributed by atoms with Gasteiger partial charge in [-0.05, 0) is 39.7 Å². The van der Waals surface area contributed by atoms with Crippen molar-refractivity contribution in [1.29, 1.82) is 0 Å². The minimum atomic E-state index is 0.500. The van der Waals surface area contributed by atoms with E-state index in [9.17, 15) is 0 Å². The van der Waals surface area contributed by atoms with Crippen molar-refractivity contribution in [3.05, 3.63) is 11.4 Å². The number of nitrogen functional groups attached to an aromatic ring is 1. The molecular weight excluding hydrogens is 238 g/mol. The number of nitrogens with zero attached hydrogens (tertiary/aromatic N) is 3. The third-order valence-electron chi connectivity index (χ3n) is 3.76. The van der Waals surface area contributed by atoms with Gasteiger partial charge in [0.15, 0.2) is 0 Å². The average molecular weight is 263 g/mol. The Morgan fingerprint density at radius 3 is 2.58 bits per heavy atom. The Hall–Kier alpha value is -1.36. The predicted octanol–water partition coefficient (Wildman–Crippen LogP) is 1.96. The summed E-state index contributed by atoms with van der Waals surface area (Å²) in [6.07, 6.45) is 3.57. The molecule has 2 heterocycles. The summed E-state index contributed by atoms with van der Waals surface area (Å²) in [7, 11) is 0. The van der Waals surface area contributed by atoms with E-state index in [0.29, 0.717) is 11.9 Å². The Balaban J connectivity index is 1.96. The highest BCUT2D eigenvalue weighted by molar-refractivity contribution is 5.55. The Bertz CT molecular complexity index is 424. The lowest BCUT2D eigenvalue weighted by Crippen LogP contribution is -2.39. The highest BCUT2D eigenvalue weighted by Gasteiger charge is 2.19. The normalized spacial score (nSPS) is 17.6. The number of hydrogen-bond donors (Lipinski definition) is 2. The second-order valence-electron chi connectivity index (χ2n) is 5.39. The van der Waals surface area contributed by atoms with Gasteiger partial charge in [0.05, 0.1) is 0 Å². The van der Waals surface area contributed by atoms with Gasteiger partial charge in [-0.15, -0.1) is 0 Å². The Labute approximate surface area is 115 Å². The molecule has 0 bridgehead atoms. The summed E-state index contributed by atoms with van der Waals surface area (Å²) in [5, 5.41) is 3.54. The lowest BCUT2D eigenvalue weighted by atomic mass is 10.0. The van der Waals surface area contributed by atoms with Crippen LogP contribution in [-0.4, -0.2) is 40.5 Å². The van der Waals surface area contributed by atoms with E-state index in [2.05, 4.69) is 27.1 Å². The molecule has 0 radical (unpaired) electrons. The van der Waals surface area contributed by atoms with Crippen LogP contribution in [0.15, 0.2) is 0 Å².